The molecule has 2 heteroatoms. The van der Waals surface area contributed by atoms with Crippen LogP contribution in [0.25, 0.3) is 0 Å². The Morgan fingerprint density at radius 2 is 2.10 bits per heavy atom. The van der Waals surface area contributed by atoms with E-state index in [2.05, 4.69) is 0 Å². The second-order valence-electron chi connectivity index (χ2n) is 1.94. The normalized spacial score (nSPS) is 28.9. The molecule has 0 aromatic carbocycles. The summed E-state index contributed by atoms with van der Waals surface area (Å²) in [6.07, 6.45) is 8.36. The minimum Gasteiger partial charge on any atom is -0.428 e. The number of esters is 1. The lowest BCUT2D eigenvalue weighted by molar-refractivity contribution is -0.133. The van der Waals surface area contributed by atoms with E-state index >= 15 is 0 Å². The Morgan fingerprint density at radius 3 is 2.90 bits per heavy atom. The molecule has 0 aromatic rings. The minimum absolute atomic E-state index is 0.321. The molecule has 1 aliphatic heterocycles. The highest BCUT2D eigenvalue weighted by Gasteiger charge is 1.97. The standard InChI is InChI=1S/C8H8O2/c1-7-5-3-2-4-6-8(9)10-7/h2-6H,1H3/b3-2-,6-4-,7-5-. The highest BCUT2D eigenvalue weighted by atomic mass is 16.5. The fourth-order valence-electron chi connectivity index (χ4n) is 0.616. The van der Waals surface area contributed by atoms with Crippen LogP contribution in [0.2, 0.25) is 0 Å². The molecule has 0 bridgehead atoms. The monoisotopic (exact) mass is 136 g/mol. The highest BCUT2D eigenvalue weighted by molar-refractivity contribution is 5.83. The summed E-state index contributed by atoms with van der Waals surface area (Å²) in [5, 5.41) is 0. The van der Waals surface area contributed by atoms with Gasteiger partial charge in [-0.25, -0.2) is 4.79 Å². The second kappa shape index (κ2) is 3.01. The van der Waals surface area contributed by atoms with Gasteiger partial charge in [0, 0.05) is 6.08 Å². The third-order valence-electron chi connectivity index (χ3n) is 1.05. The van der Waals surface area contributed by atoms with Crippen LogP contribution >= 0.6 is 0 Å². The summed E-state index contributed by atoms with van der Waals surface area (Å²) in [6.45, 7) is 1.74. The summed E-state index contributed by atoms with van der Waals surface area (Å²) in [6, 6.07) is 0. The fraction of sp³-hybridized carbons (Fsp3) is 0.125. The van der Waals surface area contributed by atoms with Crippen LogP contribution in [0.3, 0.4) is 0 Å². The Labute approximate surface area is 59.5 Å². The predicted molar refractivity (Wildman–Crippen MR) is 38.1 cm³/mol. The number of ether oxygens (including phenoxy) is 1. The zero-order chi connectivity index (χ0) is 7.40. The summed E-state index contributed by atoms with van der Waals surface area (Å²) >= 11 is 0. The Morgan fingerprint density at radius 1 is 1.30 bits per heavy atom. The first-order chi connectivity index (χ1) is 4.79. The third-order valence-corrected chi connectivity index (χ3v) is 1.05. The SMILES string of the molecule is C/C1=C/C=C\C=C/C(=O)O1. The van der Waals surface area contributed by atoms with Crippen molar-refractivity contribution >= 4 is 5.97 Å². The third kappa shape index (κ3) is 1.90. The molecule has 0 saturated heterocycles. The van der Waals surface area contributed by atoms with E-state index in [9.17, 15) is 4.79 Å². The van der Waals surface area contributed by atoms with Gasteiger partial charge in [-0.1, -0.05) is 18.2 Å². The van der Waals surface area contributed by atoms with Crippen LogP contribution in [0.5, 0.6) is 0 Å². The van der Waals surface area contributed by atoms with Crippen molar-refractivity contribution in [1.29, 1.82) is 0 Å². The van der Waals surface area contributed by atoms with Crippen molar-refractivity contribution in [3.8, 4) is 0 Å². The van der Waals surface area contributed by atoms with E-state index in [1.54, 1.807) is 25.2 Å². The molecule has 0 atom stereocenters. The van der Waals surface area contributed by atoms with Gasteiger partial charge in [0.05, 0.1) is 0 Å². The first-order valence-corrected chi connectivity index (χ1v) is 3.02. The molecule has 10 heavy (non-hydrogen) atoms. The van der Waals surface area contributed by atoms with Gasteiger partial charge < -0.3 is 4.74 Å². The van der Waals surface area contributed by atoms with Crippen LogP contribution < -0.4 is 0 Å². The molecular formula is C8H8O2. The van der Waals surface area contributed by atoms with E-state index < -0.39 is 0 Å². The van der Waals surface area contributed by atoms with Gasteiger partial charge in [-0.05, 0) is 13.0 Å². The van der Waals surface area contributed by atoms with Gasteiger partial charge in [0.25, 0.3) is 0 Å². The number of cyclic esters (lactones) is 1. The van der Waals surface area contributed by atoms with Crippen molar-refractivity contribution in [3.05, 3.63) is 36.1 Å². The van der Waals surface area contributed by atoms with Crippen molar-refractivity contribution in [1.82, 2.24) is 0 Å². The van der Waals surface area contributed by atoms with Crippen molar-refractivity contribution in [2.45, 2.75) is 6.92 Å². The van der Waals surface area contributed by atoms with Crippen LogP contribution in [0.1, 0.15) is 6.92 Å². The Hall–Kier alpha value is -1.31. The number of rotatable bonds is 0. The van der Waals surface area contributed by atoms with Crippen molar-refractivity contribution < 1.29 is 9.53 Å². The molecule has 1 heterocycles. The summed E-state index contributed by atoms with van der Waals surface area (Å²) in [5.41, 5.74) is 0. The minimum atomic E-state index is -0.321. The molecule has 0 N–H and O–H groups in total. The number of hydrogen-bond donors (Lipinski definition) is 0. The number of carbonyl (C=O) groups is 1. The topological polar surface area (TPSA) is 26.3 Å². The maximum atomic E-state index is 10.7. The summed E-state index contributed by atoms with van der Waals surface area (Å²) < 4.78 is 4.78. The maximum Gasteiger partial charge on any atom is 0.335 e. The molecule has 0 amide bonds. The van der Waals surface area contributed by atoms with Crippen molar-refractivity contribution in [3.63, 3.8) is 0 Å². The predicted octanol–water partition coefficient (Wildman–Crippen LogP) is 1.56. The molecule has 0 aromatic heterocycles. The van der Waals surface area contributed by atoms with E-state index in [-0.39, 0.29) is 5.97 Å². The molecule has 0 unspecified atom stereocenters. The van der Waals surface area contributed by atoms with Crippen LogP contribution in [0.4, 0.5) is 0 Å². The molecule has 1 aliphatic rings. The van der Waals surface area contributed by atoms with Gasteiger partial charge in [0.2, 0.25) is 0 Å². The summed E-state index contributed by atoms with van der Waals surface area (Å²) in [5.74, 6) is 0.295. The van der Waals surface area contributed by atoms with E-state index in [1.165, 1.54) is 6.08 Å². The summed E-state index contributed by atoms with van der Waals surface area (Å²) in [4.78, 5) is 10.7. The van der Waals surface area contributed by atoms with Gasteiger partial charge in [-0.3, -0.25) is 0 Å². The lowest BCUT2D eigenvalue weighted by Gasteiger charge is -1.99. The number of hydrogen-bond acceptors (Lipinski definition) is 2. The van der Waals surface area contributed by atoms with Gasteiger partial charge in [0.1, 0.15) is 5.76 Å². The fourth-order valence-corrected chi connectivity index (χ4v) is 0.616. The van der Waals surface area contributed by atoms with Crippen LogP contribution in [0.15, 0.2) is 36.1 Å². The highest BCUT2D eigenvalue weighted by Crippen LogP contribution is 2.00. The molecule has 0 saturated carbocycles. The van der Waals surface area contributed by atoms with E-state index in [0.717, 1.165) is 0 Å². The molecule has 1 rings (SSSR count). The van der Waals surface area contributed by atoms with E-state index in [1.807, 2.05) is 6.08 Å². The van der Waals surface area contributed by atoms with Crippen LogP contribution in [-0.2, 0) is 9.53 Å². The quantitative estimate of drug-likeness (QED) is 0.472. The molecule has 0 radical (unpaired) electrons. The number of allylic oxidation sites excluding steroid dienone is 5. The van der Waals surface area contributed by atoms with Crippen LogP contribution in [-0.4, -0.2) is 5.97 Å². The lowest BCUT2D eigenvalue weighted by Crippen LogP contribution is -1.98. The van der Waals surface area contributed by atoms with Crippen molar-refractivity contribution in [2.75, 3.05) is 0 Å². The molecule has 2 nitrogen and oxygen atoms in total. The average Bonchev–Trinajstić information content (AvgIpc) is 1.83. The average molecular weight is 136 g/mol. The summed E-state index contributed by atoms with van der Waals surface area (Å²) in [7, 11) is 0. The van der Waals surface area contributed by atoms with E-state index in [0.29, 0.717) is 5.76 Å². The Kier molecular flexibility index (Phi) is 2.05. The van der Waals surface area contributed by atoms with Gasteiger partial charge in [0.15, 0.2) is 0 Å². The maximum absolute atomic E-state index is 10.7. The van der Waals surface area contributed by atoms with Gasteiger partial charge >= 0.3 is 5.97 Å². The Bertz CT molecular complexity index is 221. The smallest absolute Gasteiger partial charge is 0.335 e. The zero-order valence-corrected chi connectivity index (χ0v) is 5.70. The second-order valence-corrected chi connectivity index (χ2v) is 1.94. The van der Waals surface area contributed by atoms with Crippen molar-refractivity contribution in [2.24, 2.45) is 0 Å². The molecule has 0 fully saturated rings. The van der Waals surface area contributed by atoms with Crippen LogP contribution in [0, 0.1) is 0 Å². The lowest BCUT2D eigenvalue weighted by atomic mass is 10.3. The number of carbonyl (C=O) groups excluding carboxylic acids is 1. The Balaban J connectivity index is 2.79. The first kappa shape index (κ1) is 6.81. The first-order valence-electron chi connectivity index (χ1n) is 3.02. The molecule has 52 valence electrons. The van der Waals surface area contributed by atoms with Gasteiger partial charge in [-0.15, -0.1) is 0 Å². The van der Waals surface area contributed by atoms with Gasteiger partial charge in [-0.2, -0.15) is 0 Å². The van der Waals surface area contributed by atoms with E-state index in [4.69, 9.17) is 4.74 Å². The molecule has 0 spiro atoms. The molecule has 0 aliphatic carbocycles. The largest absolute Gasteiger partial charge is 0.428 e. The molecular weight excluding hydrogens is 128 g/mol. The zero-order valence-electron chi connectivity index (χ0n) is 5.70.